The SMILES string of the molecule is Cc1nc(C2CCCN2c2nnc(C)c3ccccc23)nc2c1CCC(=O)N2C. The maximum Gasteiger partial charge on any atom is 0.228 e. The Morgan fingerprint density at radius 2 is 1.76 bits per heavy atom. The predicted molar refractivity (Wildman–Crippen MR) is 112 cm³/mol. The van der Waals surface area contributed by atoms with Gasteiger partial charge in [-0.15, -0.1) is 5.10 Å². The molecule has 4 heterocycles. The van der Waals surface area contributed by atoms with Gasteiger partial charge in [-0.25, -0.2) is 9.97 Å². The summed E-state index contributed by atoms with van der Waals surface area (Å²) in [5.74, 6) is 2.53. The fraction of sp³-hybridized carbons (Fsp3) is 0.409. The van der Waals surface area contributed by atoms with E-state index in [1.54, 1.807) is 4.90 Å². The first-order chi connectivity index (χ1) is 14.0. The summed E-state index contributed by atoms with van der Waals surface area (Å²) in [5, 5.41) is 11.2. The highest BCUT2D eigenvalue weighted by Crippen LogP contribution is 2.38. The minimum absolute atomic E-state index is 0.0323. The second kappa shape index (κ2) is 6.76. The number of hydrogen-bond acceptors (Lipinski definition) is 6. The molecule has 3 aromatic rings. The van der Waals surface area contributed by atoms with E-state index in [9.17, 15) is 4.79 Å². The molecule has 0 N–H and O–H groups in total. The van der Waals surface area contributed by atoms with E-state index in [4.69, 9.17) is 9.97 Å². The van der Waals surface area contributed by atoms with Gasteiger partial charge in [-0.3, -0.25) is 9.69 Å². The first-order valence-electron chi connectivity index (χ1n) is 10.2. The molecule has 0 bridgehead atoms. The molecule has 148 valence electrons. The predicted octanol–water partition coefficient (Wildman–Crippen LogP) is 3.29. The van der Waals surface area contributed by atoms with Crippen molar-refractivity contribution in [2.75, 3.05) is 23.4 Å². The summed E-state index contributed by atoms with van der Waals surface area (Å²) in [7, 11) is 1.81. The van der Waals surface area contributed by atoms with Crippen LogP contribution in [0.1, 0.15) is 48.1 Å². The molecule has 7 heteroatoms. The summed E-state index contributed by atoms with van der Waals surface area (Å²) in [4.78, 5) is 25.9. The third kappa shape index (κ3) is 2.84. The average molecular weight is 388 g/mol. The molecule has 2 aliphatic heterocycles. The number of nitrogens with zero attached hydrogens (tertiary/aromatic N) is 6. The lowest BCUT2D eigenvalue weighted by atomic mass is 10.0. The average Bonchev–Trinajstić information content (AvgIpc) is 3.21. The van der Waals surface area contributed by atoms with Gasteiger partial charge in [0.05, 0.1) is 11.7 Å². The van der Waals surface area contributed by atoms with Crippen LogP contribution in [-0.2, 0) is 11.2 Å². The molecule has 2 aromatic heterocycles. The van der Waals surface area contributed by atoms with Crippen molar-refractivity contribution in [3.8, 4) is 0 Å². The Kier molecular flexibility index (Phi) is 4.19. The van der Waals surface area contributed by atoms with E-state index in [1.807, 2.05) is 33.0 Å². The van der Waals surface area contributed by atoms with Crippen LogP contribution in [0, 0.1) is 13.8 Å². The van der Waals surface area contributed by atoms with Crippen molar-refractivity contribution in [3.63, 3.8) is 0 Å². The number of hydrogen-bond donors (Lipinski definition) is 0. The fourth-order valence-electron chi connectivity index (χ4n) is 4.56. The number of amides is 1. The van der Waals surface area contributed by atoms with E-state index in [0.29, 0.717) is 12.8 Å². The molecule has 1 fully saturated rings. The topological polar surface area (TPSA) is 75.1 Å². The second-order valence-corrected chi connectivity index (χ2v) is 7.93. The minimum Gasteiger partial charge on any atom is -0.344 e. The van der Waals surface area contributed by atoms with Gasteiger partial charge in [-0.1, -0.05) is 24.3 Å². The third-order valence-electron chi connectivity index (χ3n) is 6.17. The van der Waals surface area contributed by atoms with E-state index in [2.05, 4.69) is 27.2 Å². The van der Waals surface area contributed by atoms with Gasteiger partial charge >= 0.3 is 0 Å². The lowest BCUT2D eigenvalue weighted by Crippen LogP contribution is -2.34. The number of carbonyl (C=O) groups is 1. The molecule has 29 heavy (non-hydrogen) atoms. The van der Waals surface area contributed by atoms with Crippen LogP contribution in [-0.4, -0.2) is 39.7 Å². The van der Waals surface area contributed by atoms with Gasteiger partial charge in [0.15, 0.2) is 11.6 Å². The lowest BCUT2D eigenvalue weighted by Gasteiger charge is -2.29. The molecular formula is C22H24N6O. The largest absolute Gasteiger partial charge is 0.344 e. The van der Waals surface area contributed by atoms with Crippen LogP contribution in [0.4, 0.5) is 11.6 Å². The summed E-state index contributed by atoms with van der Waals surface area (Å²) in [5.41, 5.74) is 2.98. The molecule has 0 aliphatic carbocycles. The van der Waals surface area contributed by atoms with Gasteiger partial charge in [0, 0.05) is 42.0 Å². The minimum atomic E-state index is 0.0323. The Balaban J connectivity index is 1.60. The molecule has 1 atom stereocenters. The highest BCUT2D eigenvalue weighted by Gasteiger charge is 2.33. The number of rotatable bonds is 2. The van der Waals surface area contributed by atoms with Crippen LogP contribution in [0.5, 0.6) is 0 Å². The number of aromatic nitrogens is 4. The lowest BCUT2D eigenvalue weighted by molar-refractivity contribution is -0.118. The number of aryl methyl sites for hydroxylation is 2. The number of anilines is 2. The van der Waals surface area contributed by atoms with E-state index < -0.39 is 0 Å². The maximum absolute atomic E-state index is 12.2. The summed E-state index contributed by atoms with van der Waals surface area (Å²) >= 11 is 0. The zero-order valence-corrected chi connectivity index (χ0v) is 17.0. The first-order valence-corrected chi connectivity index (χ1v) is 10.2. The zero-order valence-electron chi connectivity index (χ0n) is 17.0. The molecule has 1 aromatic carbocycles. The Morgan fingerprint density at radius 1 is 0.966 bits per heavy atom. The number of carbonyl (C=O) groups excluding carboxylic acids is 1. The quantitative estimate of drug-likeness (QED) is 0.671. The molecule has 0 saturated carbocycles. The van der Waals surface area contributed by atoms with E-state index >= 15 is 0 Å². The molecule has 7 nitrogen and oxygen atoms in total. The van der Waals surface area contributed by atoms with Crippen LogP contribution in [0.2, 0.25) is 0 Å². The van der Waals surface area contributed by atoms with Gasteiger partial charge in [-0.05, 0) is 33.1 Å². The molecule has 1 unspecified atom stereocenters. The van der Waals surface area contributed by atoms with Crippen molar-refractivity contribution in [3.05, 3.63) is 47.0 Å². The van der Waals surface area contributed by atoms with Crippen molar-refractivity contribution < 1.29 is 4.79 Å². The van der Waals surface area contributed by atoms with Crippen molar-refractivity contribution in [2.45, 2.75) is 45.6 Å². The van der Waals surface area contributed by atoms with Crippen LogP contribution >= 0.6 is 0 Å². The third-order valence-corrected chi connectivity index (χ3v) is 6.17. The normalized spacial score (nSPS) is 19.1. The van der Waals surface area contributed by atoms with Gasteiger partial charge in [0.1, 0.15) is 5.82 Å². The zero-order chi connectivity index (χ0) is 20.1. The number of benzene rings is 1. The summed E-state index contributed by atoms with van der Waals surface area (Å²) in [6, 6.07) is 8.30. The monoisotopic (exact) mass is 388 g/mol. The summed E-state index contributed by atoms with van der Waals surface area (Å²) < 4.78 is 0. The molecule has 0 spiro atoms. The van der Waals surface area contributed by atoms with Crippen LogP contribution in [0.15, 0.2) is 24.3 Å². The highest BCUT2D eigenvalue weighted by molar-refractivity contribution is 5.95. The molecule has 1 amide bonds. The van der Waals surface area contributed by atoms with Gasteiger partial charge < -0.3 is 4.90 Å². The summed E-state index contributed by atoms with van der Waals surface area (Å²) in [6.07, 6.45) is 3.24. The van der Waals surface area contributed by atoms with Gasteiger partial charge in [-0.2, -0.15) is 5.10 Å². The summed E-state index contributed by atoms with van der Waals surface area (Å²) in [6.45, 7) is 4.90. The Hall–Kier alpha value is -3.09. The molecule has 1 saturated heterocycles. The standard InChI is InChI=1S/C22H24N6O/c1-13-16-10-11-19(29)27(3)21(16)24-20(23-13)18-9-6-12-28(18)22-17-8-5-4-7-15(17)14(2)25-26-22/h4-5,7-8,18H,6,9-12H2,1-3H3. The smallest absolute Gasteiger partial charge is 0.228 e. The molecule has 0 radical (unpaired) electrons. The van der Waals surface area contributed by atoms with E-state index in [1.165, 1.54) is 0 Å². The highest BCUT2D eigenvalue weighted by atomic mass is 16.2. The maximum atomic E-state index is 12.2. The number of fused-ring (bicyclic) bond motifs is 2. The fourth-order valence-corrected chi connectivity index (χ4v) is 4.56. The van der Waals surface area contributed by atoms with E-state index in [-0.39, 0.29) is 11.9 Å². The van der Waals surface area contributed by atoms with Crippen LogP contribution < -0.4 is 9.80 Å². The second-order valence-electron chi connectivity index (χ2n) is 7.93. The van der Waals surface area contributed by atoms with E-state index in [0.717, 1.165) is 64.6 Å². The molecule has 5 rings (SSSR count). The van der Waals surface area contributed by atoms with Crippen LogP contribution in [0.3, 0.4) is 0 Å². The van der Waals surface area contributed by atoms with Gasteiger partial charge in [0.2, 0.25) is 5.91 Å². The Labute approximate surface area is 169 Å². The molecule has 2 aliphatic rings. The van der Waals surface area contributed by atoms with Crippen molar-refractivity contribution in [1.29, 1.82) is 0 Å². The van der Waals surface area contributed by atoms with Crippen LogP contribution in [0.25, 0.3) is 10.8 Å². The Morgan fingerprint density at radius 3 is 2.59 bits per heavy atom. The Bertz CT molecular complexity index is 1130. The van der Waals surface area contributed by atoms with Crippen molar-refractivity contribution >= 4 is 28.3 Å². The van der Waals surface area contributed by atoms with Crippen molar-refractivity contribution in [1.82, 2.24) is 20.2 Å². The van der Waals surface area contributed by atoms with Crippen molar-refractivity contribution in [2.24, 2.45) is 0 Å². The van der Waals surface area contributed by atoms with Gasteiger partial charge in [0.25, 0.3) is 0 Å². The molecular weight excluding hydrogens is 364 g/mol. The first kappa shape index (κ1) is 18.0.